The van der Waals surface area contributed by atoms with Gasteiger partial charge in [-0.2, -0.15) is 13.2 Å². The van der Waals surface area contributed by atoms with Gasteiger partial charge in [0.05, 0.1) is 17.2 Å². The van der Waals surface area contributed by atoms with Gasteiger partial charge in [0.25, 0.3) is 5.56 Å². The van der Waals surface area contributed by atoms with Gasteiger partial charge in [-0.3, -0.25) is 9.36 Å². The summed E-state index contributed by atoms with van der Waals surface area (Å²) in [5.74, 6) is 0. The van der Waals surface area contributed by atoms with E-state index in [1.54, 1.807) is 19.1 Å². The zero-order chi connectivity index (χ0) is 13.5. The number of alkyl halides is 3. The lowest BCUT2D eigenvalue weighted by Crippen LogP contribution is -2.28. The second-order valence-electron chi connectivity index (χ2n) is 3.86. The van der Waals surface area contributed by atoms with Crippen LogP contribution < -0.4 is 5.56 Å². The van der Waals surface area contributed by atoms with Crippen LogP contribution in [0.1, 0.15) is 5.56 Å². The number of hydrogen-bond donors (Lipinski definition) is 0. The highest BCUT2D eigenvalue weighted by Gasteiger charge is 2.28. The zero-order valence-corrected chi connectivity index (χ0v) is 10.8. The first-order valence-corrected chi connectivity index (χ1v) is 5.80. The summed E-state index contributed by atoms with van der Waals surface area (Å²) in [6.45, 7) is 0.328. The number of rotatable bonds is 1. The first-order valence-electron chi connectivity index (χ1n) is 5.00. The standard InChI is InChI=1S/C11H8BrF3N2O/c1-6-7(12)2-3-8-9(6)10(18)17(5-16-8)4-11(13,14)15/h2-3,5H,4H2,1H3. The van der Waals surface area contributed by atoms with Gasteiger partial charge in [-0.1, -0.05) is 15.9 Å². The van der Waals surface area contributed by atoms with Crippen LogP contribution in [0, 0.1) is 6.92 Å². The molecule has 0 saturated heterocycles. The molecule has 96 valence electrons. The molecule has 0 aliphatic rings. The second-order valence-corrected chi connectivity index (χ2v) is 4.71. The summed E-state index contributed by atoms with van der Waals surface area (Å²) in [5.41, 5.74) is 0.289. The maximum atomic E-state index is 12.3. The summed E-state index contributed by atoms with van der Waals surface area (Å²) in [5, 5.41) is 0.205. The molecule has 0 radical (unpaired) electrons. The fraction of sp³-hybridized carbons (Fsp3) is 0.273. The molecule has 0 N–H and O–H groups in total. The highest BCUT2D eigenvalue weighted by atomic mass is 79.9. The normalized spacial score (nSPS) is 12.1. The summed E-state index contributed by atoms with van der Waals surface area (Å²) in [7, 11) is 0. The third kappa shape index (κ3) is 2.40. The van der Waals surface area contributed by atoms with Crippen molar-refractivity contribution in [3.8, 4) is 0 Å². The van der Waals surface area contributed by atoms with Crippen LogP contribution in [-0.4, -0.2) is 15.7 Å². The molecule has 2 aromatic rings. The molecule has 1 aromatic carbocycles. The molecule has 18 heavy (non-hydrogen) atoms. The van der Waals surface area contributed by atoms with Crippen molar-refractivity contribution in [1.29, 1.82) is 0 Å². The van der Waals surface area contributed by atoms with E-state index in [2.05, 4.69) is 20.9 Å². The van der Waals surface area contributed by atoms with Gasteiger partial charge in [0, 0.05) is 4.47 Å². The van der Waals surface area contributed by atoms with Crippen LogP contribution in [0.15, 0.2) is 27.7 Å². The minimum Gasteiger partial charge on any atom is -0.290 e. The smallest absolute Gasteiger partial charge is 0.290 e. The van der Waals surface area contributed by atoms with Crippen LogP contribution in [-0.2, 0) is 6.54 Å². The highest BCUT2D eigenvalue weighted by molar-refractivity contribution is 9.10. The van der Waals surface area contributed by atoms with Crippen molar-refractivity contribution >= 4 is 26.8 Å². The van der Waals surface area contributed by atoms with E-state index >= 15 is 0 Å². The van der Waals surface area contributed by atoms with E-state index in [1.807, 2.05) is 0 Å². The Morgan fingerprint density at radius 2 is 2.06 bits per heavy atom. The van der Waals surface area contributed by atoms with Gasteiger partial charge in [0.2, 0.25) is 0 Å². The summed E-state index contributed by atoms with van der Waals surface area (Å²) in [4.78, 5) is 15.9. The van der Waals surface area contributed by atoms with Crippen LogP contribution in [0.2, 0.25) is 0 Å². The van der Waals surface area contributed by atoms with Crippen molar-refractivity contribution in [2.45, 2.75) is 19.6 Å². The first-order chi connectivity index (χ1) is 8.29. The van der Waals surface area contributed by atoms with Gasteiger partial charge in [0.15, 0.2) is 0 Å². The number of aromatic nitrogens is 2. The Morgan fingerprint density at radius 3 is 2.67 bits per heavy atom. The summed E-state index contributed by atoms with van der Waals surface area (Å²) in [6, 6.07) is 3.30. The lowest BCUT2D eigenvalue weighted by atomic mass is 10.1. The quantitative estimate of drug-likeness (QED) is 0.809. The Balaban J connectivity index is 2.71. The van der Waals surface area contributed by atoms with E-state index in [0.717, 1.165) is 6.33 Å². The van der Waals surface area contributed by atoms with Crippen molar-refractivity contribution < 1.29 is 13.2 Å². The van der Waals surface area contributed by atoms with E-state index in [1.165, 1.54) is 0 Å². The topological polar surface area (TPSA) is 34.9 Å². The molecule has 0 fully saturated rings. The predicted octanol–water partition coefficient (Wildman–Crippen LogP) is 3.03. The zero-order valence-electron chi connectivity index (χ0n) is 9.25. The lowest BCUT2D eigenvalue weighted by molar-refractivity contribution is -0.141. The Kier molecular flexibility index (Phi) is 3.18. The molecule has 0 unspecified atom stereocenters. The van der Waals surface area contributed by atoms with Crippen LogP contribution in [0.3, 0.4) is 0 Å². The molecule has 0 amide bonds. The number of hydrogen-bond acceptors (Lipinski definition) is 2. The fourth-order valence-corrected chi connectivity index (χ4v) is 2.01. The first kappa shape index (κ1) is 13.1. The minimum absolute atomic E-state index is 0.205. The minimum atomic E-state index is -4.45. The molecule has 0 atom stereocenters. The van der Waals surface area contributed by atoms with Crippen LogP contribution in [0.4, 0.5) is 13.2 Å². The number of benzene rings is 1. The number of nitrogens with zero attached hydrogens (tertiary/aromatic N) is 2. The molecule has 0 aliphatic heterocycles. The van der Waals surface area contributed by atoms with Crippen LogP contribution >= 0.6 is 15.9 Å². The second kappa shape index (κ2) is 4.38. The monoisotopic (exact) mass is 320 g/mol. The molecule has 0 bridgehead atoms. The van der Waals surface area contributed by atoms with E-state index in [0.29, 0.717) is 20.1 Å². The van der Waals surface area contributed by atoms with Crippen LogP contribution in [0.25, 0.3) is 10.9 Å². The van der Waals surface area contributed by atoms with Crippen molar-refractivity contribution in [3.63, 3.8) is 0 Å². The van der Waals surface area contributed by atoms with Gasteiger partial charge in [0.1, 0.15) is 6.54 Å². The largest absolute Gasteiger partial charge is 0.406 e. The van der Waals surface area contributed by atoms with Gasteiger partial charge in [-0.05, 0) is 24.6 Å². The third-order valence-electron chi connectivity index (χ3n) is 2.54. The molecule has 0 spiro atoms. The van der Waals surface area contributed by atoms with E-state index in [9.17, 15) is 18.0 Å². The Hall–Kier alpha value is -1.37. The Labute approximate surface area is 108 Å². The van der Waals surface area contributed by atoms with Crippen molar-refractivity contribution in [1.82, 2.24) is 9.55 Å². The molecular weight excluding hydrogens is 313 g/mol. The average molecular weight is 321 g/mol. The SMILES string of the molecule is Cc1c(Br)ccc2ncn(CC(F)(F)F)c(=O)c12. The van der Waals surface area contributed by atoms with Gasteiger partial charge in [-0.15, -0.1) is 0 Å². The van der Waals surface area contributed by atoms with Crippen molar-refractivity contribution in [2.75, 3.05) is 0 Å². The maximum Gasteiger partial charge on any atom is 0.406 e. The van der Waals surface area contributed by atoms with Gasteiger partial charge < -0.3 is 0 Å². The Morgan fingerprint density at radius 1 is 1.39 bits per heavy atom. The van der Waals surface area contributed by atoms with Crippen molar-refractivity contribution in [2.24, 2.45) is 0 Å². The lowest BCUT2D eigenvalue weighted by Gasteiger charge is -2.10. The van der Waals surface area contributed by atoms with Crippen molar-refractivity contribution in [3.05, 3.63) is 38.9 Å². The number of halogens is 4. The summed E-state index contributed by atoms with van der Waals surface area (Å²) < 4.78 is 38.2. The molecule has 3 nitrogen and oxygen atoms in total. The summed E-state index contributed by atoms with van der Waals surface area (Å²) in [6.07, 6.45) is -3.52. The molecule has 2 rings (SSSR count). The van der Waals surface area contributed by atoms with Crippen LogP contribution in [0.5, 0.6) is 0 Å². The number of aryl methyl sites for hydroxylation is 1. The highest BCUT2D eigenvalue weighted by Crippen LogP contribution is 2.22. The fourth-order valence-electron chi connectivity index (χ4n) is 1.68. The molecule has 7 heteroatoms. The maximum absolute atomic E-state index is 12.3. The van der Waals surface area contributed by atoms with Gasteiger partial charge >= 0.3 is 6.18 Å². The molecule has 1 heterocycles. The molecule has 0 aliphatic carbocycles. The molecule has 0 saturated carbocycles. The number of fused-ring (bicyclic) bond motifs is 1. The van der Waals surface area contributed by atoms with E-state index in [4.69, 9.17) is 0 Å². The molecular formula is C11H8BrF3N2O. The van der Waals surface area contributed by atoms with E-state index in [-0.39, 0.29) is 5.39 Å². The predicted molar refractivity (Wildman–Crippen MR) is 64.5 cm³/mol. The molecule has 1 aromatic heterocycles. The summed E-state index contributed by atoms with van der Waals surface area (Å²) >= 11 is 3.24. The van der Waals surface area contributed by atoms with E-state index < -0.39 is 18.3 Å². The Bertz CT molecular complexity index is 664. The van der Waals surface area contributed by atoms with Gasteiger partial charge in [-0.25, -0.2) is 4.98 Å². The third-order valence-corrected chi connectivity index (χ3v) is 3.40. The average Bonchev–Trinajstić information content (AvgIpc) is 2.25.